The van der Waals surface area contributed by atoms with Crippen LogP contribution in [-0.4, -0.2) is 12.1 Å². The number of carbonyl (C=O) groups is 1. The Hall–Kier alpha value is -3.34. The lowest BCUT2D eigenvalue weighted by Crippen LogP contribution is -2.23. The molecular formula is C27H26F3NO. The fourth-order valence-electron chi connectivity index (χ4n) is 3.72. The van der Waals surface area contributed by atoms with Crippen molar-refractivity contribution in [1.29, 1.82) is 0 Å². The van der Waals surface area contributed by atoms with Crippen LogP contribution in [-0.2, 0) is 6.54 Å². The Bertz CT molecular complexity index is 1100. The van der Waals surface area contributed by atoms with Gasteiger partial charge in [0, 0.05) is 12.1 Å². The molecule has 1 amide bonds. The summed E-state index contributed by atoms with van der Waals surface area (Å²) in [5, 5.41) is 2.87. The van der Waals surface area contributed by atoms with Crippen LogP contribution < -0.4 is 5.32 Å². The highest BCUT2D eigenvalue weighted by Crippen LogP contribution is 2.37. The smallest absolute Gasteiger partial charge is 0.348 e. The predicted molar refractivity (Wildman–Crippen MR) is 123 cm³/mol. The maximum atomic E-state index is 13.7. The van der Waals surface area contributed by atoms with Gasteiger partial charge in [0.15, 0.2) is 0 Å². The van der Waals surface area contributed by atoms with Gasteiger partial charge >= 0.3 is 6.18 Å². The van der Waals surface area contributed by atoms with Crippen LogP contribution in [0.3, 0.4) is 0 Å². The second kappa shape index (κ2) is 9.86. The lowest BCUT2D eigenvalue weighted by molar-refractivity contribution is -0.139. The van der Waals surface area contributed by atoms with Crippen LogP contribution in [0.15, 0.2) is 72.8 Å². The van der Waals surface area contributed by atoms with E-state index in [2.05, 4.69) is 5.32 Å². The summed E-state index contributed by atoms with van der Waals surface area (Å²) in [5.74, 6) is -1.92. The maximum absolute atomic E-state index is 13.7. The van der Waals surface area contributed by atoms with E-state index in [4.69, 9.17) is 0 Å². The molecule has 0 saturated carbocycles. The number of halogens is 3. The molecule has 3 aromatic rings. The van der Waals surface area contributed by atoms with Crippen LogP contribution in [0, 0.1) is 20.8 Å². The van der Waals surface area contributed by atoms with Crippen LogP contribution in [0.1, 0.15) is 49.7 Å². The van der Waals surface area contributed by atoms with Crippen molar-refractivity contribution in [2.75, 3.05) is 0 Å². The molecule has 0 saturated heterocycles. The van der Waals surface area contributed by atoms with E-state index in [1.165, 1.54) is 12.2 Å². The lowest BCUT2D eigenvalue weighted by atomic mass is 9.93. The summed E-state index contributed by atoms with van der Waals surface area (Å²) in [6.07, 6.45) is -1.75. The molecule has 2 nitrogen and oxygen atoms in total. The second-order valence-electron chi connectivity index (χ2n) is 8.04. The normalized spacial score (nSPS) is 12.7. The zero-order valence-corrected chi connectivity index (χ0v) is 18.3. The number of hydrogen-bond acceptors (Lipinski definition) is 1. The van der Waals surface area contributed by atoms with Gasteiger partial charge in [-0.3, -0.25) is 4.79 Å². The largest absolute Gasteiger partial charge is 0.399 e. The van der Waals surface area contributed by atoms with E-state index in [1.54, 1.807) is 51.1 Å². The number of hydrogen-bond donors (Lipinski definition) is 1. The molecule has 0 aliphatic rings. The van der Waals surface area contributed by atoms with Gasteiger partial charge in [0.1, 0.15) is 0 Å². The molecule has 166 valence electrons. The van der Waals surface area contributed by atoms with Crippen molar-refractivity contribution in [3.05, 3.63) is 112 Å². The van der Waals surface area contributed by atoms with Crippen LogP contribution in [0.25, 0.3) is 6.08 Å². The minimum atomic E-state index is -4.40. The molecule has 0 heterocycles. The number of rotatable bonds is 6. The molecule has 1 N–H and O–H groups in total. The Labute approximate surface area is 186 Å². The first kappa shape index (κ1) is 23.3. The highest BCUT2D eigenvalue weighted by molar-refractivity contribution is 5.95. The third-order valence-electron chi connectivity index (χ3n) is 5.23. The predicted octanol–water partition coefficient (Wildman–Crippen LogP) is 6.90. The van der Waals surface area contributed by atoms with Gasteiger partial charge in [0.2, 0.25) is 0 Å². The van der Waals surface area contributed by atoms with Crippen LogP contribution >= 0.6 is 0 Å². The highest BCUT2D eigenvalue weighted by atomic mass is 19.4. The molecular weight excluding hydrogens is 411 g/mol. The van der Waals surface area contributed by atoms with Crippen LogP contribution in [0.4, 0.5) is 13.2 Å². The first-order valence-electron chi connectivity index (χ1n) is 10.4. The van der Waals surface area contributed by atoms with Gasteiger partial charge in [-0.15, -0.1) is 0 Å². The van der Waals surface area contributed by atoms with Gasteiger partial charge in [-0.05, 0) is 49.1 Å². The maximum Gasteiger partial charge on any atom is 0.399 e. The fourth-order valence-corrected chi connectivity index (χ4v) is 3.72. The van der Waals surface area contributed by atoms with Crippen molar-refractivity contribution in [2.24, 2.45) is 0 Å². The van der Waals surface area contributed by atoms with Gasteiger partial charge in [0.25, 0.3) is 5.91 Å². The monoisotopic (exact) mass is 437 g/mol. The number of allylic oxidation sites excluding steroid dienone is 1. The number of amides is 1. The number of carbonyl (C=O) groups excluding carboxylic acids is 1. The molecule has 5 heteroatoms. The van der Waals surface area contributed by atoms with Crippen molar-refractivity contribution < 1.29 is 18.0 Å². The van der Waals surface area contributed by atoms with E-state index in [1.807, 2.05) is 36.4 Å². The zero-order chi connectivity index (χ0) is 23.3. The zero-order valence-electron chi connectivity index (χ0n) is 18.3. The fraction of sp³-hybridized carbons (Fsp3) is 0.222. The Kier molecular flexibility index (Phi) is 7.18. The Morgan fingerprint density at radius 3 is 2.19 bits per heavy atom. The number of aryl methyl sites for hydroxylation is 3. The molecule has 0 spiro atoms. The molecule has 0 radical (unpaired) electrons. The molecule has 3 rings (SSSR count). The molecule has 0 bridgehead atoms. The van der Waals surface area contributed by atoms with Gasteiger partial charge in [-0.1, -0.05) is 83.9 Å². The summed E-state index contributed by atoms with van der Waals surface area (Å²) < 4.78 is 41.2. The first-order chi connectivity index (χ1) is 15.1. The quantitative estimate of drug-likeness (QED) is 0.446. The average Bonchev–Trinajstić information content (AvgIpc) is 2.71. The molecule has 0 aliphatic heterocycles. The molecule has 1 atom stereocenters. The third-order valence-corrected chi connectivity index (χ3v) is 5.23. The third kappa shape index (κ3) is 6.10. The van der Waals surface area contributed by atoms with Gasteiger partial charge in [-0.25, -0.2) is 0 Å². The van der Waals surface area contributed by atoms with E-state index in [9.17, 15) is 18.0 Å². The van der Waals surface area contributed by atoms with Crippen molar-refractivity contribution in [3.63, 3.8) is 0 Å². The Morgan fingerprint density at radius 1 is 0.938 bits per heavy atom. The Morgan fingerprint density at radius 2 is 1.59 bits per heavy atom. The van der Waals surface area contributed by atoms with Crippen molar-refractivity contribution in [1.82, 2.24) is 5.32 Å². The summed E-state index contributed by atoms with van der Waals surface area (Å²) in [6.45, 7) is 5.76. The van der Waals surface area contributed by atoms with Crippen LogP contribution in [0.2, 0.25) is 0 Å². The Balaban J connectivity index is 1.77. The van der Waals surface area contributed by atoms with Crippen molar-refractivity contribution >= 4 is 12.0 Å². The SMILES string of the molecule is Cc1cc(C)cc(C(/C=C/c2ccc(C(=O)NCc3ccccc3)c(C)c2)C(F)(F)F)c1. The second-order valence-corrected chi connectivity index (χ2v) is 8.04. The standard InChI is InChI=1S/C27H26F3NO/c1-18-13-19(2)15-23(14-18)25(27(28,29)30)12-10-21-9-11-24(20(3)16-21)26(32)31-17-22-7-5-4-6-8-22/h4-16,25H,17H2,1-3H3,(H,31,32)/b12-10+. The van der Waals surface area contributed by atoms with E-state index in [0.29, 0.717) is 23.2 Å². The molecule has 0 aromatic heterocycles. The van der Waals surface area contributed by atoms with Crippen molar-refractivity contribution in [2.45, 2.75) is 39.4 Å². The van der Waals surface area contributed by atoms with E-state index in [0.717, 1.165) is 16.7 Å². The number of benzene rings is 3. The molecule has 0 fully saturated rings. The minimum absolute atomic E-state index is 0.217. The summed E-state index contributed by atoms with van der Waals surface area (Å²) in [7, 11) is 0. The lowest BCUT2D eigenvalue weighted by Gasteiger charge is -2.18. The van der Waals surface area contributed by atoms with E-state index < -0.39 is 12.1 Å². The van der Waals surface area contributed by atoms with Crippen LogP contribution in [0.5, 0.6) is 0 Å². The van der Waals surface area contributed by atoms with Gasteiger partial charge in [0.05, 0.1) is 5.92 Å². The summed E-state index contributed by atoms with van der Waals surface area (Å²) in [4.78, 5) is 12.5. The van der Waals surface area contributed by atoms with Crippen molar-refractivity contribution in [3.8, 4) is 0 Å². The first-order valence-corrected chi connectivity index (χ1v) is 10.4. The highest BCUT2D eigenvalue weighted by Gasteiger charge is 2.39. The summed E-state index contributed by atoms with van der Waals surface area (Å²) in [5.41, 5.74) is 4.62. The van der Waals surface area contributed by atoms with E-state index >= 15 is 0 Å². The average molecular weight is 438 g/mol. The number of alkyl halides is 3. The number of nitrogens with one attached hydrogen (secondary N) is 1. The topological polar surface area (TPSA) is 29.1 Å². The molecule has 0 aliphatic carbocycles. The molecule has 32 heavy (non-hydrogen) atoms. The van der Waals surface area contributed by atoms with E-state index in [-0.39, 0.29) is 11.5 Å². The summed E-state index contributed by atoms with van der Waals surface area (Å²) in [6, 6.07) is 19.6. The van der Waals surface area contributed by atoms with Gasteiger partial charge in [-0.2, -0.15) is 13.2 Å². The molecule has 1 unspecified atom stereocenters. The minimum Gasteiger partial charge on any atom is -0.348 e. The van der Waals surface area contributed by atoms with Gasteiger partial charge < -0.3 is 5.32 Å². The summed E-state index contributed by atoms with van der Waals surface area (Å²) >= 11 is 0. The molecule has 3 aromatic carbocycles.